The minimum Gasteiger partial charge on any atom is -0.373 e. The maximum absolute atomic E-state index is 12.9. The monoisotopic (exact) mass is 405 g/mol. The van der Waals surface area contributed by atoms with Crippen molar-refractivity contribution in [2.45, 2.75) is 44.8 Å². The van der Waals surface area contributed by atoms with Crippen LogP contribution in [0.2, 0.25) is 0 Å². The Bertz CT molecular complexity index is 667. The van der Waals surface area contributed by atoms with Crippen LogP contribution < -0.4 is 0 Å². The molecule has 0 saturated carbocycles. The average Bonchev–Trinajstić information content (AvgIpc) is 3.10. The van der Waals surface area contributed by atoms with Crippen LogP contribution in [-0.2, 0) is 24.5 Å². The van der Waals surface area contributed by atoms with Crippen LogP contribution in [0, 0.1) is 5.92 Å². The van der Waals surface area contributed by atoms with Gasteiger partial charge in [0.1, 0.15) is 6.67 Å². The van der Waals surface area contributed by atoms with Crippen molar-refractivity contribution in [2.24, 2.45) is 5.92 Å². The van der Waals surface area contributed by atoms with Gasteiger partial charge in [-0.1, -0.05) is 0 Å². The Morgan fingerprint density at radius 3 is 2.44 bits per heavy atom. The van der Waals surface area contributed by atoms with Gasteiger partial charge in [0.15, 0.2) is 5.78 Å². The molecule has 1 amide bonds. The second-order valence-corrected chi connectivity index (χ2v) is 9.43. The topological polar surface area (TPSA) is 87.2 Å². The van der Waals surface area contributed by atoms with Gasteiger partial charge in [-0.05, 0) is 32.6 Å². The van der Waals surface area contributed by atoms with E-state index in [-0.39, 0.29) is 50.1 Å². The zero-order valence-electron chi connectivity index (χ0n) is 15.7. The number of ether oxygens (including phenoxy) is 1. The summed E-state index contributed by atoms with van der Waals surface area (Å²) < 4.78 is 45.6. The van der Waals surface area contributed by atoms with Crippen molar-refractivity contribution in [1.29, 1.82) is 0 Å². The van der Waals surface area contributed by atoms with Crippen molar-refractivity contribution in [3.05, 3.63) is 0 Å². The first-order valence-corrected chi connectivity index (χ1v) is 11.0. The highest BCUT2D eigenvalue weighted by atomic mass is 32.2. The Morgan fingerprint density at radius 1 is 1.07 bits per heavy atom. The van der Waals surface area contributed by atoms with Gasteiger partial charge in [-0.25, -0.2) is 4.39 Å². The number of hydrogen-bond donors (Lipinski definition) is 0. The van der Waals surface area contributed by atoms with Gasteiger partial charge < -0.3 is 9.64 Å². The molecule has 0 spiro atoms. The summed E-state index contributed by atoms with van der Waals surface area (Å²) in [5.41, 5.74) is 0. The molecule has 10 heteroatoms. The molecule has 3 aliphatic heterocycles. The van der Waals surface area contributed by atoms with E-state index in [1.54, 1.807) is 4.90 Å². The highest BCUT2D eigenvalue weighted by molar-refractivity contribution is 7.86. The van der Waals surface area contributed by atoms with Gasteiger partial charge in [-0.15, -0.1) is 0 Å². The van der Waals surface area contributed by atoms with E-state index in [1.807, 2.05) is 0 Å². The fourth-order valence-electron chi connectivity index (χ4n) is 4.11. The van der Waals surface area contributed by atoms with Crippen molar-refractivity contribution in [1.82, 2.24) is 13.5 Å². The van der Waals surface area contributed by atoms with Crippen LogP contribution in [0.25, 0.3) is 0 Å². The summed E-state index contributed by atoms with van der Waals surface area (Å²) in [7, 11) is -3.65. The molecule has 8 nitrogen and oxygen atoms in total. The number of amides is 1. The first kappa shape index (κ1) is 20.6. The number of ketones is 1. The molecule has 27 heavy (non-hydrogen) atoms. The van der Waals surface area contributed by atoms with Crippen LogP contribution in [0.1, 0.15) is 32.6 Å². The summed E-state index contributed by atoms with van der Waals surface area (Å²) in [5.74, 6) is -0.533. The lowest BCUT2D eigenvalue weighted by Gasteiger charge is -2.42. The Morgan fingerprint density at radius 2 is 1.78 bits per heavy atom. The zero-order valence-corrected chi connectivity index (χ0v) is 16.5. The van der Waals surface area contributed by atoms with E-state index in [1.165, 1.54) is 15.5 Å². The summed E-state index contributed by atoms with van der Waals surface area (Å²) >= 11 is 0. The minimum atomic E-state index is -3.65. The number of nitrogens with zero attached hydrogens (tertiary/aromatic N) is 3. The van der Waals surface area contributed by atoms with Gasteiger partial charge in [-0.3, -0.25) is 9.59 Å². The molecule has 0 unspecified atom stereocenters. The first-order chi connectivity index (χ1) is 12.8. The summed E-state index contributed by atoms with van der Waals surface area (Å²) in [4.78, 5) is 26.3. The van der Waals surface area contributed by atoms with Crippen LogP contribution in [0.4, 0.5) is 4.39 Å². The second-order valence-electron chi connectivity index (χ2n) is 7.50. The van der Waals surface area contributed by atoms with Gasteiger partial charge >= 0.3 is 0 Å². The van der Waals surface area contributed by atoms with Gasteiger partial charge in [-0.2, -0.15) is 17.0 Å². The predicted molar refractivity (Wildman–Crippen MR) is 95.9 cm³/mol. The summed E-state index contributed by atoms with van der Waals surface area (Å²) in [6, 6.07) is -0.367. The van der Waals surface area contributed by atoms with Crippen LogP contribution in [0.3, 0.4) is 0 Å². The first-order valence-electron chi connectivity index (χ1n) is 9.58. The number of Topliss-reactive ketones (excluding diaryl/α,β-unsaturated/α-hetero) is 1. The minimum absolute atomic E-state index is 0.0129. The summed E-state index contributed by atoms with van der Waals surface area (Å²) in [6.07, 6.45) is 2.47. The van der Waals surface area contributed by atoms with E-state index in [9.17, 15) is 22.4 Å². The lowest BCUT2D eigenvalue weighted by atomic mass is 9.97. The van der Waals surface area contributed by atoms with E-state index in [2.05, 4.69) is 0 Å². The normalized spacial score (nSPS) is 28.3. The summed E-state index contributed by atoms with van der Waals surface area (Å²) in [6.45, 7) is 2.42. The van der Waals surface area contributed by atoms with Crippen molar-refractivity contribution < 1.29 is 27.1 Å². The standard InChI is InChI=1S/C17H28FN3O5S/c1-13(22)16-5-3-8-21(16)17(23)14-4-2-7-19(10-14)27(24,25)20-11-15(12-20)26-9-6-18/h14-16H,2-12H2,1H3/t14-,16+/m0/s1. The fourth-order valence-corrected chi connectivity index (χ4v) is 5.87. The van der Waals surface area contributed by atoms with E-state index in [4.69, 9.17) is 4.74 Å². The van der Waals surface area contributed by atoms with E-state index >= 15 is 0 Å². The molecule has 154 valence electrons. The Kier molecular flexibility index (Phi) is 6.50. The van der Waals surface area contributed by atoms with E-state index < -0.39 is 22.8 Å². The van der Waals surface area contributed by atoms with Crippen molar-refractivity contribution in [3.8, 4) is 0 Å². The van der Waals surface area contributed by atoms with Gasteiger partial charge in [0.05, 0.1) is 24.7 Å². The molecule has 0 aromatic rings. The van der Waals surface area contributed by atoms with Crippen molar-refractivity contribution >= 4 is 21.9 Å². The molecular formula is C17H28FN3O5S. The highest BCUT2D eigenvalue weighted by Crippen LogP contribution is 2.28. The molecule has 0 bridgehead atoms. The number of rotatable bonds is 7. The molecule has 3 rings (SSSR count). The number of alkyl halides is 1. The number of likely N-dealkylation sites (tertiary alicyclic amines) is 1. The highest BCUT2D eigenvalue weighted by Gasteiger charge is 2.43. The number of carbonyl (C=O) groups is 2. The smallest absolute Gasteiger partial charge is 0.282 e. The molecule has 3 heterocycles. The number of halogens is 1. The quantitative estimate of drug-likeness (QED) is 0.604. The maximum atomic E-state index is 12.9. The van der Waals surface area contributed by atoms with Crippen molar-refractivity contribution in [3.63, 3.8) is 0 Å². The molecule has 3 fully saturated rings. The Hall–Kier alpha value is -1.10. The number of carbonyl (C=O) groups excluding carboxylic acids is 2. The Labute approximate surface area is 159 Å². The summed E-state index contributed by atoms with van der Waals surface area (Å²) in [5, 5.41) is 0. The SMILES string of the molecule is CC(=O)[C@H]1CCCN1C(=O)[C@H]1CCCN(S(=O)(=O)N2CC(OCCF)C2)C1. The van der Waals surface area contributed by atoms with Gasteiger partial charge in [0, 0.05) is 32.7 Å². The van der Waals surface area contributed by atoms with Crippen molar-refractivity contribution in [2.75, 3.05) is 46.0 Å². The zero-order chi connectivity index (χ0) is 19.6. The van der Waals surface area contributed by atoms with Crippen LogP contribution in [0.5, 0.6) is 0 Å². The maximum Gasteiger partial charge on any atom is 0.282 e. The predicted octanol–water partition coefficient (Wildman–Crippen LogP) is 0.194. The van der Waals surface area contributed by atoms with Crippen LogP contribution in [0.15, 0.2) is 0 Å². The molecule has 0 radical (unpaired) electrons. The molecule has 0 aliphatic carbocycles. The van der Waals surface area contributed by atoms with Gasteiger partial charge in [0.25, 0.3) is 10.2 Å². The third-order valence-corrected chi connectivity index (χ3v) is 7.57. The van der Waals surface area contributed by atoms with E-state index in [0.29, 0.717) is 32.4 Å². The number of hydrogen-bond acceptors (Lipinski definition) is 5. The molecule has 3 saturated heterocycles. The largest absolute Gasteiger partial charge is 0.373 e. The fraction of sp³-hybridized carbons (Fsp3) is 0.882. The third kappa shape index (κ3) is 4.33. The molecule has 2 atom stereocenters. The van der Waals surface area contributed by atoms with Crippen LogP contribution in [-0.4, -0.2) is 91.8 Å². The lowest BCUT2D eigenvalue weighted by molar-refractivity contribution is -0.141. The molecule has 3 aliphatic rings. The van der Waals surface area contributed by atoms with Crippen LogP contribution >= 0.6 is 0 Å². The molecule has 0 aromatic carbocycles. The lowest BCUT2D eigenvalue weighted by Crippen LogP contribution is -2.60. The molecular weight excluding hydrogens is 377 g/mol. The number of piperidine rings is 1. The Balaban J connectivity index is 1.59. The second kappa shape index (κ2) is 8.50. The average molecular weight is 405 g/mol. The van der Waals surface area contributed by atoms with Gasteiger partial charge in [0.2, 0.25) is 5.91 Å². The third-order valence-electron chi connectivity index (χ3n) is 5.64. The molecule has 0 N–H and O–H groups in total. The molecule has 0 aromatic heterocycles. The van der Waals surface area contributed by atoms with E-state index in [0.717, 1.165) is 6.42 Å².